The van der Waals surface area contributed by atoms with Crippen LogP contribution < -0.4 is 0 Å². The van der Waals surface area contributed by atoms with E-state index in [4.69, 9.17) is 13.5 Å². The predicted octanol–water partition coefficient (Wildman–Crippen LogP) is 7.28. The lowest BCUT2D eigenvalue weighted by atomic mass is 10.1. The topological polar surface area (TPSA) is 72.8 Å². The number of carbonyl (C=O) groups excluding carboxylic acids is 1. The Morgan fingerprint density at radius 3 is 2.20 bits per heavy atom. The van der Waals surface area contributed by atoms with Crippen molar-refractivity contribution in [3.63, 3.8) is 0 Å². The molecule has 0 rings (SSSR count). The van der Waals surface area contributed by atoms with Gasteiger partial charge >= 0.3 is 17.3 Å². The van der Waals surface area contributed by atoms with Gasteiger partial charge in [0.05, 0.1) is 12.7 Å². The number of carbonyl (C=O) groups is 1. The fourth-order valence-electron chi connectivity index (χ4n) is 3.34. The minimum absolute atomic E-state index is 0.0512. The fourth-order valence-corrected chi connectivity index (χ4v) is 3.74. The number of rotatable bonds is 22. The van der Waals surface area contributed by atoms with Crippen LogP contribution in [0.5, 0.6) is 0 Å². The summed E-state index contributed by atoms with van der Waals surface area (Å²) in [5.74, 6) is -0.0512. The third-order valence-corrected chi connectivity index (χ3v) is 5.61. The zero-order chi connectivity index (χ0) is 22.3. The van der Waals surface area contributed by atoms with Gasteiger partial charge in [-0.3, -0.25) is 13.5 Å². The molecular formula is C24H46O5S. The predicted molar refractivity (Wildman–Crippen MR) is 126 cm³/mol. The van der Waals surface area contributed by atoms with Crippen molar-refractivity contribution < 1.29 is 22.5 Å². The lowest BCUT2D eigenvalue weighted by Crippen LogP contribution is -2.13. The minimum atomic E-state index is -2.19. The number of hydrogen-bond acceptors (Lipinski definition) is 4. The third kappa shape index (κ3) is 22.0. The molecule has 0 heterocycles. The molecule has 0 aliphatic rings. The normalized spacial score (nSPS) is 13.6. The summed E-state index contributed by atoms with van der Waals surface area (Å²) in [4.78, 5) is 11.6. The monoisotopic (exact) mass is 446 g/mol. The second-order valence-electron chi connectivity index (χ2n) is 8.08. The zero-order valence-electron chi connectivity index (χ0n) is 19.4. The second kappa shape index (κ2) is 23.0. The molecule has 0 fully saturated rings. The van der Waals surface area contributed by atoms with Gasteiger partial charge in [-0.2, -0.15) is 4.21 Å². The number of allylic oxidation sites excluding steroid dienone is 1. The van der Waals surface area contributed by atoms with Crippen molar-refractivity contribution in [1.29, 1.82) is 0 Å². The SMILES string of the molecule is CCCCCCOC(=O)CCCCCCC/C=C\C[C@@H](CCCCCC)OS(=O)O. The van der Waals surface area contributed by atoms with Gasteiger partial charge in [0.15, 0.2) is 0 Å². The van der Waals surface area contributed by atoms with E-state index in [1.165, 1.54) is 25.7 Å². The lowest BCUT2D eigenvalue weighted by Gasteiger charge is -2.12. The van der Waals surface area contributed by atoms with Crippen molar-refractivity contribution in [2.45, 2.75) is 129 Å². The van der Waals surface area contributed by atoms with E-state index in [0.717, 1.165) is 70.6 Å². The smallest absolute Gasteiger partial charge is 0.305 e. The van der Waals surface area contributed by atoms with Gasteiger partial charge in [-0.05, 0) is 38.5 Å². The van der Waals surface area contributed by atoms with Gasteiger partial charge in [0.2, 0.25) is 0 Å². The van der Waals surface area contributed by atoms with Gasteiger partial charge in [0.25, 0.3) is 0 Å². The molecule has 1 unspecified atom stereocenters. The molecule has 6 heteroatoms. The van der Waals surface area contributed by atoms with E-state index in [0.29, 0.717) is 19.4 Å². The van der Waals surface area contributed by atoms with Crippen molar-refractivity contribution in [3.8, 4) is 0 Å². The standard InChI is InChI=1S/C24H46O5S/c1-3-5-7-15-19-23(29-30(26)27)20-16-13-11-9-10-12-14-17-21-24(25)28-22-18-8-6-4-2/h13,16,23H,3-12,14-15,17-22H2,1-2H3,(H,26,27)/b16-13-/t23-/m1/s1. The second-order valence-corrected chi connectivity index (χ2v) is 8.71. The number of esters is 1. The molecule has 0 saturated heterocycles. The first-order chi connectivity index (χ1) is 14.6. The highest BCUT2D eigenvalue weighted by Crippen LogP contribution is 2.14. The Bertz CT molecular complexity index is 439. The molecule has 0 aromatic carbocycles. The summed E-state index contributed by atoms with van der Waals surface area (Å²) in [6.07, 6.45) is 21.7. The minimum Gasteiger partial charge on any atom is -0.466 e. The van der Waals surface area contributed by atoms with Crippen LogP contribution in [0.1, 0.15) is 123 Å². The Balaban J connectivity index is 3.60. The Hall–Kier alpha value is -0.720. The molecule has 30 heavy (non-hydrogen) atoms. The molecule has 5 nitrogen and oxygen atoms in total. The van der Waals surface area contributed by atoms with E-state index in [-0.39, 0.29) is 12.1 Å². The van der Waals surface area contributed by atoms with Crippen LogP contribution in [0.15, 0.2) is 12.2 Å². The maximum Gasteiger partial charge on any atom is 0.305 e. The van der Waals surface area contributed by atoms with Crippen molar-refractivity contribution in [1.82, 2.24) is 0 Å². The lowest BCUT2D eigenvalue weighted by molar-refractivity contribution is -0.143. The molecule has 0 bridgehead atoms. The zero-order valence-corrected chi connectivity index (χ0v) is 20.3. The summed E-state index contributed by atoms with van der Waals surface area (Å²) in [7, 11) is 0. The van der Waals surface area contributed by atoms with Crippen LogP contribution in [0, 0.1) is 0 Å². The van der Waals surface area contributed by atoms with Gasteiger partial charge in [0.1, 0.15) is 0 Å². The summed E-state index contributed by atoms with van der Waals surface area (Å²) < 4.78 is 30.3. The Kier molecular flexibility index (Phi) is 22.4. The van der Waals surface area contributed by atoms with E-state index in [1.54, 1.807) is 0 Å². The van der Waals surface area contributed by atoms with Crippen molar-refractivity contribution in [3.05, 3.63) is 12.2 Å². The van der Waals surface area contributed by atoms with Crippen molar-refractivity contribution >= 4 is 17.3 Å². The van der Waals surface area contributed by atoms with Crippen LogP contribution in [-0.4, -0.2) is 27.4 Å². The fraction of sp³-hybridized carbons (Fsp3) is 0.875. The van der Waals surface area contributed by atoms with Gasteiger partial charge < -0.3 is 4.74 Å². The summed E-state index contributed by atoms with van der Waals surface area (Å²) in [6, 6.07) is 0. The molecule has 0 saturated carbocycles. The summed E-state index contributed by atoms with van der Waals surface area (Å²) in [5, 5.41) is 0. The van der Waals surface area contributed by atoms with E-state index < -0.39 is 11.4 Å². The summed E-state index contributed by atoms with van der Waals surface area (Å²) in [5.41, 5.74) is 0. The molecule has 0 aliphatic carbocycles. The molecule has 0 amide bonds. The average molecular weight is 447 g/mol. The Morgan fingerprint density at radius 1 is 0.867 bits per heavy atom. The van der Waals surface area contributed by atoms with E-state index in [1.807, 2.05) is 0 Å². The summed E-state index contributed by atoms with van der Waals surface area (Å²) >= 11 is -2.19. The first kappa shape index (κ1) is 29.3. The Labute approximate surface area is 187 Å². The van der Waals surface area contributed by atoms with E-state index >= 15 is 0 Å². The number of hydrogen-bond donors (Lipinski definition) is 1. The average Bonchev–Trinajstić information content (AvgIpc) is 2.71. The van der Waals surface area contributed by atoms with Crippen LogP contribution in [-0.2, 0) is 25.1 Å². The van der Waals surface area contributed by atoms with Crippen LogP contribution in [0.4, 0.5) is 0 Å². The number of ether oxygens (including phenoxy) is 1. The summed E-state index contributed by atoms with van der Waals surface area (Å²) in [6.45, 7) is 4.92. The molecule has 0 aromatic rings. The quantitative estimate of drug-likeness (QED) is 0.0818. The number of unbranched alkanes of at least 4 members (excludes halogenated alkanes) is 11. The first-order valence-electron chi connectivity index (χ1n) is 12.2. The molecule has 178 valence electrons. The maximum atomic E-state index is 11.6. The largest absolute Gasteiger partial charge is 0.466 e. The van der Waals surface area contributed by atoms with Gasteiger partial charge in [0, 0.05) is 6.42 Å². The molecule has 2 atom stereocenters. The molecular weight excluding hydrogens is 400 g/mol. The van der Waals surface area contributed by atoms with E-state index in [2.05, 4.69) is 26.0 Å². The van der Waals surface area contributed by atoms with Crippen LogP contribution >= 0.6 is 0 Å². The third-order valence-electron chi connectivity index (χ3n) is 5.18. The van der Waals surface area contributed by atoms with Crippen LogP contribution in [0.2, 0.25) is 0 Å². The maximum absolute atomic E-state index is 11.6. The van der Waals surface area contributed by atoms with Crippen molar-refractivity contribution in [2.24, 2.45) is 0 Å². The molecule has 0 aliphatic heterocycles. The van der Waals surface area contributed by atoms with Gasteiger partial charge in [-0.25, -0.2) is 0 Å². The highest BCUT2D eigenvalue weighted by Gasteiger charge is 2.10. The first-order valence-corrected chi connectivity index (χ1v) is 13.2. The van der Waals surface area contributed by atoms with Crippen LogP contribution in [0.3, 0.4) is 0 Å². The molecule has 0 radical (unpaired) electrons. The molecule has 1 N–H and O–H groups in total. The molecule has 0 aromatic heterocycles. The highest BCUT2D eigenvalue weighted by atomic mass is 32.2. The van der Waals surface area contributed by atoms with Crippen molar-refractivity contribution in [2.75, 3.05) is 6.61 Å². The molecule has 0 spiro atoms. The van der Waals surface area contributed by atoms with Gasteiger partial charge in [-0.15, -0.1) is 0 Å². The highest BCUT2D eigenvalue weighted by molar-refractivity contribution is 7.74. The van der Waals surface area contributed by atoms with Crippen LogP contribution in [0.25, 0.3) is 0 Å². The Morgan fingerprint density at radius 2 is 1.50 bits per heavy atom. The van der Waals surface area contributed by atoms with E-state index in [9.17, 15) is 9.00 Å². The van der Waals surface area contributed by atoms with Gasteiger partial charge in [-0.1, -0.05) is 90.2 Å².